The number of methoxy groups -OCH3 is 1. The van der Waals surface area contributed by atoms with Crippen LogP contribution in [0, 0.1) is 5.82 Å². The number of anilines is 2. The van der Waals surface area contributed by atoms with E-state index in [4.69, 9.17) is 17.0 Å². The third-order valence-corrected chi connectivity index (χ3v) is 7.26. The summed E-state index contributed by atoms with van der Waals surface area (Å²) < 4.78 is 62.0. The second-order valence-electron chi connectivity index (χ2n) is 9.43. The highest BCUT2D eigenvalue weighted by atomic mass is 32.1. The number of carbonyl (C=O) groups is 1. The number of aromatic nitrogens is 1. The van der Waals surface area contributed by atoms with E-state index < -0.39 is 34.5 Å². The molecule has 0 unspecified atom stereocenters. The third kappa shape index (κ3) is 5.10. The molecule has 2 aliphatic rings. The van der Waals surface area contributed by atoms with Crippen LogP contribution in [0.2, 0.25) is 0 Å². The number of thiocarbonyl (C=S) groups is 1. The van der Waals surface area contributed by atoms with E-state index in [1.165, 1.54) is 25.4 Å². The van der Waals surface area contributed by atoms with Gasteiger partial charge in [-0.25, -0.2) is 9.18 Å². The Kier molecular flexibility index (Phi) is 6.87. The second-order valence-corrected chi connectivity index (χ2v) is 9.82. The summed E-state index contributed by atoms with van der Waals surface area (Å²) in [7, 11) is 1.37. The van der Waals surface area contributed by atoms with Gasteiger partial charge in [-0.3, -0.25) is 4.79 Å². The SMILES string of the molecule is COc1c(N2CCN(C(=S)Nc3cccc(C(F)(F)F)c3)CC2)c(F)cc2c(=O)c(C(=O)O)cn(C3CC3)c12. The minimum atomic E-state index is -4.48. The average Bonchev–Trinajstić information content (AvgIpc) is 3.73. The molecule has 2 fully saturated rings. The molecule has 0 amide bonds. The number of carboxylic acid groups (broad SMARTS) is 1. The van der Waals surface area contributed by atoms with Crippen molar-refractivity contribution < 1.29 is 32.2 Å². The first-order valence-electron chi connectivity index (χ1n) is 12.2. The Labute approximate surface area is 225 Å². The number of pyridine rings is 1. The summed E-state index contributed by atoms with van der Waals surface area (Å²) >= 11 is 5.42. The van der Waals surface area contributed by atoms with Crippen molar-refractivity contribution in [2.75, 3.05) is 43.5 Å². The maximum Gasteiger partial charge on any atom is 0.416 e. The quantitative estimate of drug-likeness (QED) is 0.340. The highest BCUT2D eigenvalue weighted by molar-refractivity contribution is 7.80. The number of benzene rings is 2. The van der Waals surface area contributed by atoms with E-state index in [1.54, 1.807) is 14.4 Å². The number of carboxylic acids is 1. The molecule has 3 aromatic rings. The molecule has 13 heteroatoms. The molecule has 1 saturated carbocycles. The zero-order valence-corrected chi connectivity index (χ0v) is 21.5. The van der Waals surface area contributed by atoms with E-state index in [0.717, 1.165) is 31.0 Å². The van der Waals surface area contributed by atoms with Crippen LogP contribution in [0.3, 0.4) is 0 Å². The number of rotatable bonds is 5. The highest BCUT2D eigenvalue weighted by Crippen LogP contribution is 2.43. The van der Waals surface area contributed by atoms with Crippen molar-refractivity contribution in [2.24, 2.45) is 0 Å². The van der Waals surface area contributed by atoms with Gasteiger partial charge in [0.25, 0.3) is 0 Å². The summed E-state index contributed by atoms with van der Waals surface area (Å²) in [6.45, 7) is 1.31. The van der Waals surface area contributed by atoms with Crippen LogP contribution in [0.25, 0.3) is 10.9 Å². The lowest BCUT2D eigenvalue weighted by Crippen LogP contribution is -2.50. The maximum absolute atomic E-state index is 15.5. The Balaban J connectivity index is 1.41. The van der Waals surface area contributed by atoms with Gasteiger partial charge in [-0.05, 0) is 49.3 Å². The molecule has 0 spiro atoms. The number of ether oxygens (including phenoxy) is 1. The van der Waals surface area contributed by atoms with Crippen molar-refractivity contribution in [3.8, 4) is 5.75 Å². The number of hydrogen-bond donors (Lipinski definition) is 2. The summed E-state index contributed by atoms with van der Waals surface area (Å²) in [4.78, 5) is 28.1. The van der Waals surface area contributed by atoms with E-state index >= 15 is 4.39 Å². The third-order valence-electron chi connectivity index (χ3n) is 6.90. The van der Waals surface area contributed by atoms with Gasteiger partial charge in [-0.15, -0.1) is 0 Å². The molecule has 1 saturated heterocycles. The Bertz CT molecular complexity index is 1530. The van der Waals surface area contributed by atoms with Crippen LogP contribution >= 0.6 is 12.2 Å². The van der Waals surface area contributed by atoms with Gasteiger partial charge < -0.3 is 29.5 Å². The van der Waals surface area contributed by atoms with E-state index in [1.807, 2.05) is 0 Å². The van der Waals surface area contributed by atoms with Crippen LogP contribution in [0.1, 0.15) is 34.8 Å². The second kappa shape index (κ2) is 10.0. The fraction of sp³-hybridized carbons (Fsp3) is 0.346. The molecule has 0 bridgehead atoms. The van der Waals surface area contributed by atoms with Gasteiger partial charge in [-0.1, -0.05) is 6.07 Å². The van der Waals surface area contributed by atoms with Crippen molar-refractivity contribution in [2.45, 2.75) is 25.1 Å². The van der Waals surface area contributed by atoms with Crippen molar-refractivity contribution in [1.82, 2.24) is 9.47 Å². The molecule has 2 heterocycles. The number of halogens is 4. The predicted molar refractivity (Wildman–Crippen MR) is 141 cm³/mol. The molecule has 1 aromatic heterocycles. The Hall–Kier alpha value is -3.87. The maximum atomic E-state index is 15.5. The molecule has 2 aromatic carbocycles. The molecule has 5 rings (SSSR count). The molecule has 0 radical (unpaired) electrons. The predicted octanol–water partition coefficient (Wildman–Crippen LogP) is 4.72. The topological polar surface area (TPSA) is 87.0 Å². The minimum Gasteiger partial charge on any atom is -0.492 e. The Morgan fingerprint density at radius 3 is 2.44 bits per heavy atom. The van der Waals surface area contributed by atoms with Gasteiger partial charge in [0.05, 0.1) is 23.6 Å². The molecule has 0 atom stereocenters. The van der Waals surface area contributed by atoms with Crippen molar-refractivity contribution in [3.05, 3.63) is 63.7 Å². The first-order valence-corrected chi connectivity index (χ1v) is 12.6. The van der Waals surface area contributed by atoms with Gasteiger partial charge in [-0.2, -0.15) is 13.2 Å². The van der Waals surface area contributed by atoms with E-state index in [9.17, 15) is 27.9 Å². The summed E-state index contributed by atoms with van der Waals surface area (Å²) in [5.41, 5.74) is -1.31. The first kappa shape index (κ1) is 26.7. The van der Waals surface area contributed by atoms with Crippen LogP contribution in [0.5, 0.6) is 5.75 Å². The summed E-state index contributed by atoms with van der Waals surface area (Å²) in [6.07, 6.45) is -1.60. The molecule has 8 nitrogen and oxygen atoms in total. The number of piperazine rings is 1. The van der Waals surface area contributed by atoms with Crippen LogP contribution in [0.15, 0.2) is 41.3 Å². The molecule has 206 valence electrons. The standard InChI is InChI=1S/C26H24F4N4O4S/c1-38-23-20-17(22(35)18(24(36)37)13-34(20)16-5-6-16)12-19(27)21(23)32-7-9-33(10-8-32)25(39)31-15-4-2-3-14(11-15)26(28,29)30/h2-4,11-13,16H,5-10H2,1H3,(H,31,39)(H,36,37). The lowest BCUT2D eigenvalue weighted by Gasteiger charge is -2.38. The summed E-state index contributed by atoms with van der Waals surface area (Å²) in [5.74, 6) is -1.96. The van der Waals surface area contributed by atoms with Crippen molar-refractivity contribution in [3.63, 3.8) is 0 Å². The lowest BCUT2D eigenvalue weighted by molar-refractivity contribution is -0.137. The van der Waals surface area contributed by atoms with Crippen molar-refractivity contribution in [1.29, 1.82) is 0 Å². The van der Waals surface area contributed by atoms with Crippen LogP contribution in [-0.2, 0) is 6.18 Å². The fourth-order valence-corrected chi connectivity index (χ4v) is 5.13. The molecule has 1 aliphatic heterocycles. The zero-order valence-electron chi connectivity index (χ0n) is 20.7. The van der Waals surface area contributed by atoms with Crippen LogP contribution in [0.4, 0.5) is 28.9 Å². The van der Waals surface area contributed by atoms with Gasteiger partial charge in [0, 0.05) is 44.1 Å². The molecule has 39 heavy (non-hydrogen) atoms. The average molecular weight is 565 g/mol. The van der Waals surface area contributed by atoms with E-state index in [0.29, 0.717) is 31.7 Å². The van der Waals surface area contributed by atoms with Gasteiger partial charge in [0.1, 0.15) is 11.3 Å². The fourth-order valence-electron chi connectivity index (χ4n) is 4.83. The van der Waals surface area contributed by atoms with Gasteiger partial charge in [0.2, 0.25) is 5.43 Å². The molecule has 2 N–H and O–H groups in total. The largest absolute Gasteiger partial charge is 0.492 e. The smallest absolute Gasteiger partial charge is 0.416 e. The number of alkyl halides is 3. The first-order chi connectivity index (χ1) is 18.5. The Morgan fingerprint density at radius 2 is 1.85 bits per heavy atom. The van der Waals surface area contributed by atoms with Crippen LogP contribution < -0.4 is 20.4 Å². The van der Waals surface area contributed by atoms with Gasteiger partial charge in [0.15, 0.2) is 16.7 Å². The number of fused-ring (bicyclic) bond motifs is 1. The normalized spacial score (nSPS) is 15.9. The van der Waals surface area contributed by atoms with E-state index in [-0.39, 0.29) is 33.7 Å². The van der Waals surface area contributed by atoms with Gasteiger partial charge >= 0.3 is 12.1 Å². The van der Waals surface area contributed by atoms with Crippen molar-refractivity contribution >= 4 is 45.6 Å². The van der Waals surface area contributed by atoms with Crippen LogP contribution in [-0.4, -0.2) is 58.9 Å². The molecular formula is C26H24F4N4O4S. The number of hydrogen-bond acceptors (Lipinski definition) is 5. The lowest BCUT2D eigenvalue weighted by atomic mass is 10.1. The number of nitrogens with one attached hydrogen (secondary N) is 1. The number of aromatic carboxylic acids is 1. The number of nitrogens with zero attached hydrogens (tertiary/aromatic N) is 3. The van der Waals surface area contributed by atoms with E-state index in [2.05, 4.69) is 5.32 Å². The monoisotopic (exact) mass is 564 g/mol. The summed E-state index contributed by atoms with van der Waals surface area (Å²) in [6, 6.07) is 5.78. The molecule has 1 aliphatic carbocycles. The molecular weight excluding hydrogens is 540 g/mol. The summed E-state index contributed by atoms with van der Waals surface area (Å²) in [5, 5.41) is 12.5. The Morgan fingerprint density at radius 1 is 1.15 bits per heavy atom. The highest BCUT2D eigenvalue weighted by Gasteiger charge is 2.33. The minimum absolute atomic E-state index is 0.0189. The zero-order chi connectivity index (χ0) is 28.1.